The van der Waals surface area contributed by atoms with Gasteiger partial charge in [-0.2, -0.15) is 0 Å². The Morgan fingerprint density at radius 1 is 1.35 bits per heavy atom. The van der Waals surface area contributed by atoms with E-state index in [1.165, 1.54) is 18.4 Å². The van der Waals surface area contributed by atoms with Gasteiger partial charge in [0.25, 0.3) is 5.91 Å². The summed E-state index contributed by atoms with van der Waals surface area (Å²) in [6.07, 6.45) is 0.904. The van der Waals surface area contributed by atoms with Gasteiger partial charge < -0.3 is 4.74 Å². The summed E-state index contributed by atoms with van der Waals surface area (Å²) in [5.41, 5.74) is 0.553. The Morgan fingerprint density at radius 2 is 2.10 bits per heavy atom. The Hall–Kier alpha value is -1.73. The van der Waals surface area contributed by atoms with Crippen LogP contribution in [0.1, 0.15) is 36.8 Å². The van der Waals surface area contributed by atoms with Gasteiger partial charge in [0, 0.05) is 4.88 Å². The molecule has 0 radical (unpaired) electrons. The highest BCUT2D eigenvalue weighted by atomic mass is 32.1. The quantitative estimate of drug-likeness (QED) is 0.881. The maximum Gasteiger partial charge on any atom is 0.350 e. The minimum Gasteiger partial charge on any atom is -0.465 e. The Morgan fingerprint density at radius 3 is 2.70 bits per heavy atom. The highest BCUT2D eigenvalue weighted by Crippen LogP contribution is 2.25. The van der Waals surface area contributed by atoms with Gasteiger partial charge in [0.1, 0.15) is 4.88 Å². The van der Waals surface area contributed by atoms with Crippen molar-refractivity contribution in [2.75, 3.05) is 12.4 Å². The van der Waals surface area contributed by atoms with Crippen LogP contribution in [0.3, 0.4) is 0 Å². The van der Waals surface area contributed by atoms with Crippen LogP contribution < -0.4 is 5.32 Å². The molecule has 0 aromatic carbocycles. The van der Waals surface area contributed by atoms with E-state index in [2.05, 4.69) is 15.0 Å². The topological polar surface area (TPSA) is 68.3 Å². The average molecular weight is 310 g/mol. The minimum absolute atomic E-state index is 0.208. The van der Waals surface area contributed by atoms with Crippen molar-refractivity contribution in [3.63, 3.8) is 0 Å². The van der Waals surface area contributed by atoms with Gasteiger partial charge in [-0.05, 0) is 25.5 Å². The first-order valence-electron chi connectivity index (χ1n) is 6.01. The summed E-state index contributed by atoms with van der Waals surface area (Å²) in [6.45, 7) is 3.75. The number of amides is 1. The summed E-state index contributed by atoms with van der Waals surface area (Å²) in [5.74, 6) is -0.648. The molecule has 5 nitrogen and oxygen atoms in total. The Labute approximate surface area is 124 Å². The molecule has 0 aliphatic heterocycles. The first-order chi connectivity index (χ1) is 9.55. The third-order valence-corrected chi connectivity index (χ3v) is 4.90. The molecule has 0 saturated heterocycles. The molecule has 1 N–H and O–H groups in total. The van der Waals surface area contributed by atoms with E-state index >= 15 is 0 Å². The van der Waals surface area contributed by atoms with Crippen LogP contribution in [0.25, 0.3) is 0 Å². The third-order valence-electron chi connectivity index (χ3n) is 2.62. The number of aromatic nitrogens is 1. The van der Waals surface area contributed by atoms with Gasteiger partial charge >= 0.3 is 5.97 Å². The molecule has 2 rings (SSSR count). The number of carbonyl (C=O) groups excluding carboxylic acids is 2. The fraction of sp³-hybridized carbons (Fsp3) is 0.308. The Kier molecular flexibility index (Phi) is 4.51. The van der Waals surface area contributed by atoms with Crippen molar-refractivity contribution in [2.24, 2.45) is 0 Å². The second-order valence-corrected chi connectivity index (χ2v) is 6.17. The molecule has 0 saturated carbocycles. The van der Waals surface area contributed by atoms with Crippen LogP contribution in [-0.4, -0.2) is 24.0 Å². The van der Waals surface area contributed by atoms with Crippen LogP contribution in [-0.2, 0) is 11.2 Å². The molecule has 0 fully saturated rings. The van der Waals surface area contributed by atoms with Gasteiger partial charge in [0.15, 0.2) is 5.13 Å². The molecule has 7 heteroatoms. The molecule has 0 aliphatic rings. The average Bonchev–Trinajstić information content (AvgIpc) is 3.04. The summed E-state index contributed by atoms with van der Waals surface area (Å²) in [4.78, 5) is 29.9. The van der Waals surface area contributed by atoms with Crippen LogP contribution in [0.2, 0.25) is 0 Å². The van der Waals surface area contributed by atoms with Crippen molar-refractivity contribution in [2.45, 2.75) is 20.3 Å². The predicted octanol–water partition coefficient (Wildman–Crippen LogP) is 3.11. The number of hydrogen-bond acceptors (Lipinski definition) is 6. The number of thiazole rings is 1. The first kappa shape index (κ1) is 14.7. The van der Waals surface area contributed by atoms with Crippen LogP contribution >= 0.6 is 22.7 Å². The highest BCUT2D eigenvalue weighted by Gasteiger charge is 2.17. The number of hydrogen-bond donors (Lipinski definition) is 1. The fourth-order valence-corrected chi connectivity index (χ4v) is 3.30. The molecule has 106 valence electrons. The molecule has 0 atom stereocenters. The van der Waals surface area contributed by atoms with E-state index in [1.54, 1.807) is 13.0 Å². The zero-order valence-electron chi connectivity index (χ0n) is 11.4. The summed E-state index contributed by atoms with van der Waals surface area (Å²) < 4.78 is 4.66. The number of anilines is 1. The van der Waals surface area contributed by atoms with E-state index in [4.69, 9.17) is 0 Å². The largest absolute Gasteiger partial charge is 0.465 e. The van der Waals surface area contributed by atoms with Crippen LogP contribution in [0.15, 0.2) is 12.1 Å². The summed E-state index contributed by atoms with van der Waals surface area (Å²) in [6, 6.07) is 3.73. The molecule has 0 unspecified atom stereocenters. The number of methoxy groups -OCH3 is 1. The van der Waals surface area contributed by atoms with Crippen molar-refractivity contribution in [3.05, 3.63) is 32.5 Å². The first-order valence-corrected chi connectivity index (χ1v) is 7.64. The summed E-state index contributed by atoms with van der Waals surface area (Å²) in [5, 5.41) is 3.11. The molecular weight excluding hydrogens is 296 g/mol. The second kappa shape index (κ2) is 6.15. The smallest absolute Gasteiger partial charge is 0.350 e. The number of thiophene rings is 1. The van der Waals surface area contributed by atoms with E-state index < -0.39 is 5.97 Å². The Balaban J connectivity index is 2.14. The molecule has 1 amide bonds. The number of rotatable bonds is 4. The van der Waals surface area contributed by atoms with Crippen LogP contribution in [0.5, 0.6) is 0 Å². The second-order valence-electron chi connectivity index (χ2n) is 4.00. The fourth-order valence-electron chi connectivity index (χ4n) is 1.58. The normalized spacial score (nSPS) is 10.3. The van der Waals surface area contributed by atoms with Gasteiger partial charge in [-0.3, -0.25) is 10.1 Å². The lowest BCUT2D eigenvalue weighted by Crippen LogP contribution is -2.09. The SMILES string of the molecule is CCc1ccc(C(=O)Nc2nc(C)c(C(=O)OC)s2)s1. The molecule has 2 heterocycles. The standard InChI is InChI=1S/C13H14N2O3S2/c1-4-8-5-6-9(19-8)11(16)15-13-14-7(2)10(20-13)12(17)18-3/h5-6H,4H2,1-3H3,(H,14,15,16). The predicted molar refractivity (Wildman–Crippen MR) is 79.8 cm³/mol. The maximum absolute atomic E-state index is 12.1. The van der Waals surface area contributed by atoms with Crippen molar-refractivity contribution in [1.29, 1.82) is 0 Å². The molecule has 0 bridgehead atoms. The molecule has 20 heavy (non-hydrogen) atoms. The number of nitrogens with one attached hydrogen (secondary N) is 1. The molecule has 0 aliphatic carbocycles. The van der Waals surface area contributed by atoms with Gasteiger partial charge in [0.2, 0.25) is 0 Å². The van der Waals surface area contributed by atoms with Crippen LogP contribution in [0.4, 0.5) is 5.13 Å². The third kappa shape index (κ3) is 3.05. The summed E-state index contributed by atoms with van der Waals surface area (Å²) in [7, 11) is 1.32. The van der Waals surface area contributed by atoms with Crippen molar-refractivity contribution >= 4 is 39.7 Å². The number of esters is 1. The van der Waals surface area contributed by atoms with Crippen molar-refractivity contribution in [1.82, 2.24) is 4.98 Å². The van der Waals surface area contributed by atoms with Gasteiger partial charge in [0.05, 0.1) is 17.7 Å². The van der Waals surface area contributed by atoms with Crippen molar-refractivity contribution < 1.29 is 14.3 Å². The van der Waals surface area contributed by atoms with E-state index in [-0.39, 0.29) is 5.91 Å². The van der Waals surface area contributed by atoms with Gasteiger partial charge in [-0.25, -0.2) is 9.78 Å². The number of aryl methyl sites for hydroxylation is 2. The van der Waals surface area contributed by atoms with E-state index in [1.807, 2.05) is 13.0 Å². The van der Waals surface area contributed by atoms with Crippen LogP contribution in [0, 0.1) is 6.92 Å². The molecule has 0 spiro atoms. The van der Waals surface area contributed by atoms with E-state index in [0.717, 1.165) is 22.6 Å². The van der Waals surface area contributed by atoms with Crippen molar-refractivity contribution in [3.8, 4) is 0 Å². The lowest BCUT2D eigenvalue weighted by Gasteiger charge is -1.97. The number of ether oxygens (including phenoxy) is 1. The number of nitrogens with zero attached hydrogens (tertiary/aromatic N) is 1. The molecular formula is C13H14N2O3S2. The highest BCUT2D eigenvalue weighted by molar-refractivity contribution is 7.18. The molecule has 2 aromatic rings. The Bertz CT molecular complexity index is 646. The minimum atomic E-state index is -0.440. The van der Waals surface area contributed by atoms with Gasteiger partial charge in [-0.15, -0.1) is 11.3 Å². The zero-order chi connectivity index (χ0) is 14.7. The molecule has 2 aromatic heterocycles. The number of carbonyl (C=O) groups is 2. The van der Waals surface area contributed by atoms with E-state index in [9.17, 15) is 9.59 Å². The lowest BCUT2D eigenvalue weighted by molar-refractivity contribution is 0.0605. The van der Waals surface area contributed by atoms with E-state index in [0.29, 0.717) is 20.6 Å². The lowest BCUT2D eigenvalue weighted by atomic mass is 10.3. The maximum atomic E-state index is 12.1. The summed E-state index contributed by atoms with van der Waals surface area (Å²) >= 11 is 2.57. The zero-order valence-corrected chi connectivity index (χ0v) is 13.0. The van der Waals surface area contributed by atoms with Gasteiger partial charge in [-0.1, -0.05) is 18.3 Å². The monoisotopic (exact) mass is 310 g/mol.